The molecule has 63 valence electrons. The Morgan fingerprint density at radius 3 is 3.08 bits per heavy atom. The van der Waals surface area contributed by atoms with Crippen molar-refractivity contribution in [2.45, 2.75) is 6.42 Å². The first-order valence-corrected chi connectivity index (χ1v) is 3.49. The fourth-order valence-electron chi connectivity index (χ4n) is 0.848. The van der Waals surface area contributed by atoms with E-state index in [1.807, 2.05) is 0 Å². The van der Waals surface area contributed by atoms with Gasteiger partial charge in [0.15, 0.2) is 0 Å². The summed E-state index contributed by atoms with van der Waals surface area (Å²) in [7, 11) is 1.33. The van der Waals surface area contributed by atoms with Gasteiger partial charge in [0, 0.05) is 6.07 Å². The third kappa shape index (κ3) is 2.27. The minimum atomic E-state index is -0.319. The Morgan fingerprint density at radius 2 is 2.50 bits per heavy atom. The minimum Gasteiger partial charge on any atom is -0.507 e. The van der Waals surface area contributed by atoms with Crippen molar-refractivity contribution in [1.82, 2.24) is 0 Å². The molecule has 0 aliphatic heterocycles. The van der Waals surface area contributed by atoms with Crippen molar-refractivity contribution < 1.29 is 14.6 Å². The third-order valence-electron chi connectivity index (χ3n) is 1.43. The zero-order valence-corrected chi connectivity index (χ0v) is 6.70. The highest BCUT2D eigenvalue weighted by Crippen LogP contribution is 2.10. The molecular weight excluding hydrogens is 156 g/mol. The number of esters is 1. The van der Waals surface area contributed by atoms with E-state index < -0.39 is 0 Å². The van der Waals surface area contributed by atoms with Crippen LogP contribution in [0, 0.1) is 6.07 Å². The molecule has 3 nitrogen and oxygen atoms in total. The van der Waals surface area contributed by atoms with E-state index in [1.54, 1.807) is 12.1 Å². The molecule has 0 aliphatic rings. The number of carbonyl (C=O) groups is 1. The van der Waals surface area contributed by atoms with Gasteiger partial charge in [0.1, 0.15) is 5.75 Å². The highest BCUT2D eigenvalue weighted by molar-refractivity contribution is 5.72. The average Bonchev–Trinajstić information content (AvgIpc) is 2.04. The zero-order chi connectivity index (χ0) is 8.97. The highest BCUT2D eigenvalue weighted by atomic mass is 16.5. The van der Waals surface area contributed by atoms with Gasteiger partial charge in [-0.2, -0.15) is 0 Å². The molecule has 0 saturated carbocycles. The fraction of sp³-hybridized carbons (Fsp3) is 0.222. The Balaban J connectivity index is 2.69. The number of hydrogen-bond donors (Lipinski definition) is 1. The van der Waals surface area contributed by atoms with Gasteiger partial charge < -0.3 is 9.84 Å². The lowest BCUT2D eigenvalue weighted by molar-refractivity contribution is -0.139. The minimum absolute atomic E-state index is 0.0383. The standard InChI is InChI=1S/C9H9O3/c1-12-9(11)6-7-3-2-4-8(10)5-7/h2-3,5,10H,6H2,1H3. The van der Waals surface area contributed by atoms with Crippen LogP contribution in [0.4, 0.5) is 0 Å². The molecule has 0 aromatic heterocycles. The summed E-state index contributed by atoms with van der Waals surface area (Å²) in [6, 6.07) is 7.32. The van der Waals surface area contributed by atoms with Gasteiger partial charge in [0.05, 0.1) is 13.5 Å². The van der Waals surface area contributed by atoms with E-state index >= 15 is 0 Å². The predicted octanol–water partition coefficient (Wildman–Crippen LogP) is 0.908. The van der Waals surface area contributed by atoms with Gasteiger partial charge in [-0.3, -0.25) is 4.79 Å². The summed E-state index contributed by atoms with van der Waals surface area (Å²) in [5.41, 5.74) is 0.720. The summed E-state index contributed by atoms with van der Waals surface area (Å²) in [5.74, 6) is -0.281. The van der Waals surface area contributed by atoms with Crippen molar-refractivity contribution in [2.24, 2.45) is 0 Å². The summed E-state index contributed by atoms with van der Waals surface area (Å²) in [6.45, 7) is 0. The highest BCUT2D eigenvalue weighted by Gasteiger charge is 2.02. The number of benzene rings is 1. The first-order chi connectivity index (χ1) is 5.72. The first kappa shape index (κ1) is 8.59. The first-order valence-electron chi connectivity index (χ1n) is 3.49. The van der Waals surface area contributed by atoms with E-state index in [9.17, 15) is 4.79 Å². The molecular formula is C9H9O3. The van der Waals surface area contributed by atoms with Crippen LogP contribution in [0.15, 0.2) is 18.2 Å². The van der Waals surface area contributed by atoms with Crippen molar-refractivity contribution in [1.29, 1.82) is 0 Å². The normalized spacial score (nSPS) is 9.42. The van der Waals surface area contributed by atoms with Crippen molar-refractivity contribution in [3.8, 4) is 5.75 Å². The van der Waals surface area contributed by atoms with Gasteiger partial charge >= 0.3 is 5.97 Å². The van der Waals surface area contributed by atoms with Crippen LogP contribution in [0.2, 0.25) is 0 Å². The van der Waals surface area contributed by atoms with Gasteiger partial charge in [-0.05, 0) is 11.6 Å². The molecule has 12 heavy (non-hydrogen) atoms. The number of hydrogen-bond acceptors (Lipinski definition) is 3. The Morgan fingerprint density at radius 1 is 1.75 bits per heavy atom. The van der Waals surface area contributed by atoms with Crippen molar-refractivity contribution in [3.05, 3.63) is 29.8 Å². The number of methoxy groups -OCH3 is 1. The van der Waals surface area contributed by atoms with Crippen molar-refractivity contribution in [3.63, 3.8) is 0 Å². The van der Waals surface area contributed by atoms with E-state index in [4.69, 9.17) is 5.11 Å². The molecule has 1 rings (SSSR count). The van der Waals surface area contributed by atoms with Crippen LogP contribution < -0.4 is 0 Å². The molecule has 1 aromatic rings. The van der Waals surface area contributed by atoms with Crippen LogP contribution in [0.25, 0.3) is 0 Å². The molecule has 0 atom stereocenters. The van der Waals surface area contributed by atoms with Crippen LogP contribution in [0.5, 0.6) is 5.75 Å². The lowest BCUT2D eigenvalue weighted by Gasteiger charge is -1.99. The summed E-state index contributed by atoms with van der Waals surface area (Å²) in [6.07, 6.45) is 0.179. The molecule has 0 fully saturated rings. The van der Waals surface area contributed by atoms with E-state index in [2.05, 4.69) is 10.8 Å². The molecule has 0 aliphatic carbocycles. The second kappa shape index (κ2) is 3.76. The monoisotopic (exact) mass is 165 g/mol. The summed E-state index contributed by atoms with van der Waals surface area (Å²) in [5, 5.41) is 8.99. The smallest absolute Gasteiger partial charge is 0.309 e. The van der Waals surface area contributed by atoms with Crippen LogP contribution in [-0.2, 0) is 16.0 Å². The molecule has 0 heterocycles. The molecule has 1 radical (unpaired) electrons. The maximum atomic E-state index is 10.8. The van der Waals surface area contributed by atoms with Crippen molar-refractivity contribution >= 4 is 5.97 Å². The molecule has 0 unspecified atom stereocenters. The Kier molecular flexibility index (Phi) is 2.69. The molecule has 0 saturated heterocycles. The quantitative estimate of drug-likeness (QED) is 0.662. The third-order valence-corrected chi connectivity index (χ3v) is 1.43. The predicted molar refractivity (Wildman–Crippen MR) is 42.7 cm³/mol. The van der Waals surface area contributed by atoms with Gasteiger partial charge in [0.2, 0.25) is 0 Å². The van der Waals surface area contributed by atoms with Gasteiger partial charge in [-0.1, -0.05) is 12.1 Å². The Bertz CT molecular complexity index is 281. The zero-order valence-electron chi connectivity index (χ0n) is 6.70. The van der Waals surface area contributed by atoms with Crippen molar-refractivity contribution in [2.75, 3.05) is 7.11 Å². The number of phenolic OH excluding ortho intramolecular Hbond substituents is 1. The Labute approximate surface area is 70.6 Å². The molecule has 0 bridgehead atoms. The lowest BCUT2D eigenvalue weighted by Crippen LogP contribution is -2.03. The molecule has 1 N–H and O–H groups in total. The molecule has 0 amide bonds. The summed E-state index contributed by atoms with van der Waals surface area (Å²) < 4.78 is 4.46. The number of carbonyl (C=O) groups excluding carboxylic acids is 1. The van der Waals surface area contributed by atoms with E-state index in [1.165, 1.54) is 13.2 Å². The van der Waals surface area contributed by atoms with Crippen LogP contribution >= 0.6 is 0 Å². The maximum Gasteiger partial charge on any atom is 0.309 e. The second-order valence-electron chi connectivity index (χ2n) is 2.34. The molecule has 3 heteroatoms. The maximum absolute atomic E-state index is 10.8. The Hall–Kier alpha value is -1.51. The summed E-state index contributed by atoms with van der Waals surface area (Å²) >= 11 is 0. The number of aromatic hydroxyl groups is 1. The fourth-order valence-corrected chi connectivity index (χ4v) is 0.848. The SMILES string of the molecule is COC(=O)Cc1cc[c]c(O)c1. The largest absolute Gasteiger partial charge is 0.507 e. The van der Waals surface area contributed by atoms with Crippen LogP contribution in [0.1, 0.15) is 5.56 Å². The van der Waals surface area contributed by atoms with Gasteiger partial charge in [-0.25, -0.2) is 0 Å². The number of rotatable bonds is 2. The van der Waals surface area contributed by atoms with E-state index in [0.717, 1.165) is 5.56 Å². The summed E-state index contributed by atoms with van der Waals surface area (Å²) in [4.78, 5) is 10.8. The molecule has 1 aromatic carbocycles. The lowest BCUT2D eigenvalue weighted by atomic mass is 10.1. The topological polar surface area (TPSA) is 46.5 Å². The number of ether oxygens (including phenoxy) is 1. The van der Waals surface area contributed by atoms with E-state index in [0.29, 0.717) is 0 Å². The number of phenols is 1. The average molecular weight is 165 g/mol. The van der Waals surface area contributed by atoms with Crippen LogP contribution in [0.3, 0.4) is 0 Å². The van der Waals surface area contributed by atoms with Gasteiger partial charge in [-0.15, -0.1) is 0 Å². The van der Waals surface area contributed by atoms with E-state index in [-0.39, 0.29) is 18.1 Å². The second-order valence-corrected chi connectivity index (χ2v) is 2.34. The van der Waals surface area contributed by atoms with Crippen LogP contribution in [-0.4, -0.2) is 18.2 Å². The molecule has 0 spiro atoms. The van der Waals surface area contributed by atoms with Gasteiger partial charge in [0.25, 0.3) is 0 Å².